The van der Waals surface area contributed by atoms with Gasteiger partial charge >= 0.3 is 0 Å². The molecule has 2 heterocycles. The van der Waals surface area contributed by atoms with Crippen molar-refractivity contribution in [3.63, 3.8) is 0 Å². The molecule has 2 aliphatic heterocycles. The van der Waals surface area contributed by atoms with Crippen LogP contribution >= 0.6 is 0 Å². The Morgan fingerprint density at radius 2 is 2.11 bits per heavy atom. The second-order valence-corrected chi connectivity index (χ2v) is 7.53. The number of rotatable bonds is 2. The van der Waals surface area contributed by atoms with Crippen LogP contribution in [-0.2, 0) is 9.59 Å². The van der Waals surface area contributed by atoms with Crippen LogP contribution in [0.25, 0.3) is 0 Å². The van der Waals surface area contributed by atoms with Crippen molar-refractivity contribution in [2.24, 2.45) is 5.10 Å². The van der Waals surface area contributed by atoms with Gasteiger partial charge in [0.05, 0.1) is 5.69 Å². The highest BCUT2D eigenvalue weighted by atomic mass is 16.5. The van der Waals surface area contributed by atoms with Crippen molar-refractivity contribution in [1.82, 2.24) is 5.43 Å². The zero-order valence-electron chi connectivity index (χ0n) is 16.1. The van der Waals surface area contributed by atoms with Gasteiger partial charge in [-0.25, -0.2) is 5.43 Å². The number of carboxylic acid groups (broad SMARTS) is 1. The van der Waals surface area contributed by atoms with Gasteiger partial charge in [-0.05, 0) is 57.7 Å². The molecule has 0 aromatic heterocycles. The van der Waals surface area contributed by atoms with Crippen molar-refractivity contribution in [2.75, 3.05) is 16.8 Å². The summed E-state index contributed by atoms with van der Waals surface area (Å²) in [7, 11) is 0. The standard InChI is InChI=1S/C17H22N4O2.C2H4O2/c1-10-7-14-13(8-12(10)18-17(3)5-4-6-17)21-11(2)16(22)20-19-15(21)9-23-14;1-2(3)4/h7-8,11,18H,4-6,9H2,1-3H3,(H,20,22);1H3,(H,3,4). The van der Waals surface area contributed by atoms with Gasteiger partial charge in [0.2, 0.25) is 0 Å². The molecule has 1 amide bonds. The number of benzene rings is 1. The summed E-state index contributed by atoms with van der Waals surface area (Å²) in [6, 6.07) is 3.85. The Labute approximate surface area is 158 Å². The average Bonchev–Trinajstić information content (AvgIpc) is 2.56. The quantitative estimate of drug-likeness (QED) is 0.735. The molecule has 0 bridgehead atoms. The second kappa shape index (κ2) is 7.09. The molecule has 1 unspecified atom stereocenters. The third-order valence-electron chi connectivity index (χ3n) is 5.16. The fourth-order valence-electron chi connectivity index (χ4n) is 3.47. The number of anilines is 2. The van der Waals surface area contributed by atoms with E-state index in [0.29, 0.717) is 6.61 Å². The number of carbonyl (C=O) groups is 2. The van der Waals surface area contributed by atoms with Crippen LogP contribution < -0.4 is 20.4 Å². The maximum atomic E-state index is 12.0. The molecule has 0 spiro atoms. The number of carboxylic acids is 1. The minimum absolute atomic E-state index is 0.0948. The zero-order valence-corrected chi connectivity index (χ0v) is 16.1. The SMILES string of the molecule is CC(=O)O.Cc1cc2c(cc1NC1(C)CCC1)N1C(=NNC(=O)C1C)CO2. The molecule has 1 aromatic carbocycles. The molecule has 8 nitrogen and oxygen atoms in total. The van der Waals surface area contributed by atoms with E-state index in [4.69, 9.17) is 14.6 Å². The fourth-order valence-corrected chi connectivity index (χ4v) is 3.47. The predicted octanol–water partition coefficient (Wildman–Crippen LogP) is 2.47. The molecule has 4 rings (SSSR count). The van der Waals surface area contributed by atoms with Crippen LogP contribution in [0.4, 0.5) is 11.4 Å². The predicted molar refractivity (Wildman–Crippen MR) is 103 cm³/mol. The van der Waals surface area contributed by atoms with E-state index in [9.17, 15) is 4.79 Å². The summed E-state index contributed by atoms with van der Waals surface area (Å²) in [4.78, 5) is 23.0. The van der Waals surface area contributed by atoms with E-state index in [1.807, 2.05) is 11.8 Å². The van der Waals surface area contributed by atoms with E-state index in [0.717, 1.165) is 35.4 Å². The van der Waals surface area contributed by atoms with E-state index in [-0.39, 0.29) is 17.5 Å². The number of ether oxygens (including phenoxy) is 1. The maximum Gasteiger partial charge on any atom is 0.300 e. The Kier molecular flexibility index (Phi) is 4.99. The highest BCUT2D eigenvalue weighted by Gasteiger charge is 2.36. The number of nitrogens with zero attached hydrogens (tertiary/aromatic N) is 2. The van der Waals surface area contributed by atoms with Crippen molar-refractivity contribution in [3.05, 3.63) is 17.7 Å². The van der Waals surface area contributed by atoms with E-state index in [1.165, 1.54) is 19.3 Å². The molecule has 3 N–H and O–H groups in total. The van der Waals surface area contributed by atoms with Crippen molar-refractivity contribution in [3.8, 4) is 5.75 Å². The van der Waals surface area contributed by atoms with Crippen LogP contribution in [0.1, 0.15) is 45.6 Å². The van der Waals surface area contributed by atoms with Crippen LogP contribution in [0.15, 0.2) is 17.2 Å². The Morgan fingerprint density at radius 1 is 1.44 bits per heavy atom. The minimum atomic E-state index is -0.833. The summed E-state index contributed by atoms with van der Waals surface area (Å²) in [5.74, 6) is 0.629. The molecule has 27 heavy (non-hydrogen) atoms. The normalized spacial score (nSPS) is 21.8. The summed E-state index contributed by atoms with van der Waals surface area (Å²) in [5.41, 5.74) is 5.91. The molecule has 0 radical (unpaired) electrons. The molecule has 146 valence electrons. The number of nitrogens with one attached hydrogen (secondary N) is 2. The minimum Gasteiger partial charge on any atom is -0.483 e. The first-order valence-electron chi connectivity index (χ1n) is 9.11. The van der Waals surface area contributed by atoms with Gasteiger partial charge in [0.15, 0.2) is 5.84 Å². The first-order chi connectivity index (χ1) is 12.7. The van der Waals surface area contributed by atoms with Crippen LogP contribution in [0.3, 0.4) is 0 Å². The van der Waals surface area contributed by atoms with E-state index in [1.54, 1.807) is 0 Å². The van der Waals surface area contributed by atoms with Crippen LogP contribution in [0.5, 0.6) is 5.75 Å². The lowest BCUT2D eigenvalue weighted by molar-refractivity contribution is -0.134. The van der Waals surface area contributed by atoms with Crippen LogP contribution in [0.2, 0.25) is 0 Å². The molecule has 3 aliphatic rings. The third-order valence-corrected chi connectivity index (χ3v) is 5.16. The number of hydrogen-bond donors (Lipinski definition) is 3. The third kappa shape index (κ3) is 3.84. The van der Waals surface area contributed by atoms with Gasteiger partial charge in [0, 0.05) is 18.2 Å². The lowest BCUT2D eigenvalue weighted by Crippen LogP contribution is -2.55. The van der Waals surface area contributed by atoms with Crippen molar-refractivity contribution >= 4 is 29.1 Å². The Balaban J connectivity index is 0.000000481. The number of amides is 1. The molecule has 1 atom stereocenters. The molecule has 1 saturated carbocycles. The van der Waals surface area contributed by atoms with Gasteiger partial charge in [-0.3, -0.25) is 9.59 Å². The average molecular weight is 374 g/mol. The summed E-state index contributed by atoms with van der Waals surface area (Å²) in [5, 5.41) is 15.2. The van der Waals surface area contributed by atoms with Crippen molar-refractivity contribution < 1.29 is 19.4 Å². The number of hydrogen-bond acceptors (Lipinski definition) is 6. The smallest absolute Gasteiger partial charge is 0.300 e. The zero-order chi connectivity index (χ0) is 19.8. The molecule has 1 aliphatic carbocycles. The summed E-state index contributed by atoms with van der Waals surface area (Å²) in [6.07, 6.45) is 3.65. The highest BCUT2D eigenvalue weighted by Crippen LogP contribution is 2.41. The first-order valence-corrected chi connectivity index (χ1v) is 9.11. The lowest BCUT2D eigenvalue weighted by Gasteiger charge is -2.42. The van der Waals surface area contributed by atoms with Crippen molar-refractivity contribution in [2.45, 2.75) is 58.5 Å². The van der Waals surface area contributed by atoms with Gasteiger partial charge in [0.1, 0.15) is 18.4 Å². The Morgan fingerprint density at radius 3 is 2.70 bits per heavy atom. The molecule has 0 saturated heterocycles. The van der Waals surface area contributed by atoms with E-state index in [2.05, 4.69) is 41.8 Å². The van der Waals surface area contributed by atoms with Gasteiger partial charge in [-0.2, -0.15) is 5.10 Å². The first kappa shape index (κ1) is 19.0. The lowest BCUT2D eigenvalue weighted by atomic mass is 9.78. The summed E-state index contributed by atoms with van der Waals surface area (Å²) < 4.78 is 5.83. The number of hydrazone groups is 1. The molecular weight excluding hydrogens is 348 g/mol. The number of aryl methyl sites for hydroxylation is 1. The number of amidine groups is 1. The highest BCUT2D eigenvalue weighted by molar-refractivity contribution is 6.09. The second-order valence-electron chi connectivity index (χ2n) is 7.53. The monoisotopic (exact) mass is 374 g/mol. The summed E-state index contributed by atoms with van der Waals surface area (Å²) >= 11 is 0. The fraction of sp³-hybridized carbons (Fsp3) is 0.526. The maximum absolute atomic E-state index is 12.0. The largest absolute Gasteiger partial charge is 0.483 e. The van der Waals surface area contributed by atoms with Gasteiger partial charge in [0.25, 0.3) is 11.9 Å². The summed E-state index contributed by atoms with van der Waals surface area (Å²) in [6.45, 7) is 7.69. The molecular formula is C19H26N4O4. The van der Waals surface area contributed by atoms with Crippen molar-refractivity contribution in [1.29, 1.82) is 0 Å². The topological polar surface area (TPSA) is 103 Å². The van der Waals surface area contributed by atoms with Gasteiger partial charge < -0.3 is 20.1 Å². The number of aliphatic carboxylic acids is 1. The van der Waals surface area contributed by atoms with Crippen LogP contribution in [-0.4, -0.2) is 41.0 Å². The Hall–Kier alpha value is -2.77. The molecule has 8 heteroatoms. The molecule has 1 fully saturated rings. The van der Waals surface area contributed by atoms with Crippen LogP contribution in [0, 0.1) is 6.92 Å². The number of carbonyl (C=O) groups excluding carboxylic acids is 1. The van der Waals surface area contributed by atoms with E-state index >= 15 is 0 Å². The Bertz CT molecular complexity index is 797. The molecule has 1 aromatic rings. The van der Waals surface area contributed by atoms with E-state index < -0.39 is 5.97 Å². The number of fused-ring (bicyclic) bond motifs is 3. The van der Waals surface area contributed by atoms with Gasteiger partial charge in [-0.15, -0.1) is 0 Å². The van der Waals surface area contributed by atoms with Gasteiger partial charge in [-0.1, -0.05) is 0 Å².